The maximum atomic E-state index is 13.9. The van der Waals surface area contributed by atoms with Crippen LogP contribution in [-0.4, -0.2) is 15.6 Å². The van der Waals surface area contributed by atoms with E-state index in [1.54, 1.807) is 26.1 Å². The van der Waals surface area contributed by atoms with E-state index in [1.165, 1.54) is 10.7 Å². The summed E-state index contributed by atoms with van der Waals surface area (Å²) in [7, 11) is 1.64. The standard InChI is InChI=1S/C12H9BrClFN2O/c1-6-5-9(17(2)16-6)12(18)7-3-4-8(13)10(14)11(7)15/h3-5H,1-2H3. The Labute approximate surface area is 117 Å². The zero-order chi connectivity index (χ0) is 13.4. The highest BCUT2D eigenvalue weighted by atomic mass is 79.9. The fourth-order valence-corrected chi connectivity index (χ4v) is 2.13. The molecular weight excluding hydrogens is 322 g/mol. The van der Waals surface area contributed by atoms with Crippen LogP contribution >= 0.6 is 27.5 Å². The number of rotatable bonds is 2. The number of hydrogen-bond acceptors (Lipinski definition) is 2. The van der Waals surface area contributed by atoms with Gasteiger partial charge in [-0.3, -0.25) is 9.48 Å². The first kappa shape index (κ1) is 13.2. The van der Waals surface area contributed by atoms with E-state index < -0.39 is 11.6 Å². The van der Waals surface area contributed by atoms with Gasteiger partial charge >= 0.3 is 0 Å². The number of hydrogen-bond donors (Lipinski definition) is 0. The minimum Gasteiger partial charge on any atom is -0.287 e. The van der Waals surface area contributed by atoms with Crippen LogP contribution in [0.3, 0.4) is 0 Å². The second kappa shape index (κ2) is 4.82. The first-order valence-corrected chi connectivity index (χ1v) is 6.27. The van der Waals surface area contributed by atoms with Gasteiger partial charge < -0.3 is 0 Å². The highest BCUT2D eigenvalue weighted by Gasteiger charge is 2.20. The van der Waals surface area contributed by atoms with Gasteiger partial charge in [-0.15, -0.1) is 0 Å². The quantitative estimate of drug-likeness (QED) is 0.623. The average Bonchev–Trinajstić information content (AvgIpc) is 2.65. The molecule has 6 heteroatoms. The molecule has 1 aromatic heterocycles. The number of carbonyl (C=O) groups is 1. The first-order chi connectivity index (χ1) is 8.41. The summed E-state index contributed by atoms with van der Waals surface area (Å²) >= 11 is 8.87. The molecule has 94 valence electrons. The van der Waals surface area contributed by atoms with Crippen LogP contribution in [0.4, 0.5) is 4.39 Å². The minimum absolute atomic E-state index is 0.0637. The van der Waals surface area contributed by atoms with E-state index in [-0.39, 0.29) is 10.6 Å². The second-order valence-electron chi connectivity index (χ2n) is 3.85. The Morgan fingerprint density at radius 3 is 2.72 bits per heavy atom. The molecule has 0 saturated carbocycles. The Hall–Kier alpha value is -1.20. The second-order valence-corrected chi connectivity index (χ2v) is 5.08. The maximum Gasteiger partial charge on any atom is 0.214 e. The van der Waals surface area contributed by atoms with Gasteiger partial charge in [0.25, 0.3) is 0 Å². The SMILES string of the molecule is Cc1cc(C(=O)c2ccc(Br)c(Cl)c2F)n(C)n1. The topological polar surface area (TPSA) is 34.9 Å². The third-order valence-corrected chi connectivity index (χ3v) is 3.77. The Morgan fingerprint density at radius 2 is 2.17 bits per heavy atom. The van der Waals surface area contributed by atoms with Crippen LogP contribution < -0.4 is 0 Å². The van der Waals surface area contributed by atoms with Crippen LogP contribution in [0, 0.1) is 12.7 Å². The molecule has 0 unspecified atom stereocenters. The molecule has 0 N–H and O–H groups in total. The van der Waals surface area contributed by atoms with Crippen molar-refractivity contribution >= 4 is 33.3 Å². The summed E-state index contributed by atoms with van der Waals surface area (Å²) in [5.74, 6) is -1.17. The number of carbonyl (C=O) groups excluding carboxylic acids is 1. The average molecular weight is 332 g/mol. The molecule has 0 saturated heterocycles. The van der Waals surface area contributed by atoms with Gasteiger partial charge in [-0.1, -0.05) is 11.6 Å². The number of aromatic nitrogens is 2. The van der Waals surface area contributed by atoms with Crippen molar-refractivity contribution in [3.8, 4) is 0 Å². The number of halogens is 3. The fourth-order valence-electron chi connectivity index (χ4n) is 1.66. The van der Waals surface area contributed by atoms with Crippen LogP contribution in [0.25, 0.3) is 0 Å². The van der Waals surface area contributed by atoms with Crippen molar-refractivity contribution in [2.45, 2.75) is 6.92 Å². The van der Waals surface area contributed by atoms with Crippen molar-refractivity contribution in [2.75, 3.05) is 0 Å². The lowest BCUT2D eigenvalue weighted by molar-refractivity contribution is 0.102. The molecule has 1 aromatic carbocycles. The Balaban J connectivity index is 2.53. The van der Waals surface area contributed by atoms with Gasteiger partial charge in [-0.2, -0.15) is 5.10 Å². The summed E-state index contributed by atoms with van der Waals surface area (Å²) < 4.78 is 15.8. The third-order valence-electron chi connectivity index (χ3n) is 2.51. The van der Waals surface area contributed by atoms with E-state index in [0.29, 0.717) is 15.9 Å². The number of benzene rings is 1. The van der Waals surface area contributed by atoms with Gasteiger partial charge in [0.2, 0.25) is 5.78 Å². The van der Waals surface area contributed by atoms with Crippen LogP contribution in [0.1, 0.15) is 21.7 Å². The zero-order valence-electron chi connectivity index (χ0n) is 9.67. The van der Waals surface area contributed by atoms with Gasteiger partial charge in [0.1, 0.15) is 5.69 Å². The molecular formula is C12H9BrClFN2O. The number of ketones is 1. The van der Waals surface area contributed by atoms with E-state index in [2.05, 4.69) is 21.0 Å². The van der Waals surface area contributed by atoms with E-state index >= 15 is 0 Å². The predicted molar refractivity (Wildman–Crippen MR) is 70.5 cm³/mol. The molecule has 0 spiro atoms. The van der Waals surface area contributed by atoms with Gasteiger partial charge in [0, 0.05) is 11.5 Å². The highest BCUT2D eigenvalue weighted by Crippen LogP contribution is 2.28. The summed E-state index contributed by atoms with van der Waals surface area (Å²) in [6, 6.07) is 4.55. The molecule has 0 bridgehead atoms. The third kappa shape index (κ3) is 2.20. The van der Waals surface area contributed by atoms with E-state index in [0.717, 1.165) is 0 Å². The molecule has 2 rings (SSSR count). The molecule has 1 heterocycles. The lowest BCUT2D eigenvalue weighted by Gasteiger charge is -2.05. The van der Waals surface area contributed by atoms with E-state index in [4.69, 9.17) is 11.6 Å². The summed E-state index contributed by atoms with van der Waals surface area (Å²) in [5.41, 5.74) is 0.959. The van der Waals surface area contributed by atoms with Gasteiger partial charge in [-0.05, 0) is 41.1 Å². The van der Waals surface area contributed by atoms with Crippen LogP contribution in [0.5, 0.6) is 0 Å². The van der Waals surface area contributed by atoms with Gasteiger partial charge in [0.05, 0.1) is 16.3 Å². The van der Waals surface area contributed by atoms with Crippen molar-refractivity contribution in [3.05, 3.63) is 50.5 Å². The number of aryl methyl sites for hydroxylation is 2. The summed E-state index contributed by atoms with van der Waals surface area (Å²) in [6.45, 7) is 1.77. The molecule has 0 atom stereocenters. The molecule has 0 aliphatic rings. The van der Waals surface area contributed by atoms with Gasteiger partial charge in [0.15, 0.2) is 5.82 Å². The van der Waals surface area contributed by atoms with Crippen molar-refractivity contribution in [1.82, 2.24) is 9.78 Å². The summed E-state index contributed by atoms with van der Waals surface area (Å²) in [6.07, 6.45) is 0. The lowest BCUT2D eigenvalue weighted by atomic mass is 10.1. The fraction of sp³-hybridized carbons (Fsp3) is 0.167. The Bertz CT molecular complexity index is 639. The van der Waals surface area contributed by atoms with Gasteiger partial charge in [-0.25, -0.2) is 4.39 Å². The monoisotopic (exact) mass is 330 g/mol. The van der Waals surface area contributed by atoms with Crippen molar-refractivity contribution in [2.24, 2.45) is 7.05 Å². The molecule has 0 aliphatic heterocycles. The minimum atomic E-state index is -0.727. The number of nitrogens with zero attached hydrogens (tertiary/aromatic N) is 2. The van der Waals surface area contributed by atoms with Crippen molar-refractivity contribution < 1.29 is 9.18 Å². The molecule has 0 radical (unpaired) electrons. The van der Waals surface area contributed by atoms with Crippen molar-refractivity contribution in [1.29, 1.82) is 0 Å². The molecule has 2 aromatic rings. The normalized spacial score (nSPS) is 10.7. The largest absolute Gasteiger partial charge is 0.287 e. The van der Waals surface area contributed by atoms with Crippen LogP contribution in [0.15, 0.2) is 22.7 Å². The summed E-state index contributed by atoms with van der Waals surface area (Å²) in [4.78, 5) is 12.2. The first-order valence-electron chi connectivity index (χ1n) is 5.10. The smallest absolute Gasteiger partial charge is 0.214 e. The van der Waals surface area contributed by atoms with Crippen LogP contribution in [0.2, 0.25) is 5.02 Å². The molecule has 0 aliphatic carbocycles. The Morgan fingerprint density at radius 1 is 1.50 bits per heavy atom. The zero-order valence-corrected chi connectivity index (χ0v) is 12.0. The molecule has 0 fully saturated rings. The van der Waals surface area contributed by atoms with E-state index in [1.807, 2.05) is 0 Å². The predicted octanol–water partition coefficient (Wildman–Crippen LogP) is 3.51. The molecule has 18 heavy (non-hydrogen) atoms. The van der Waals surface area contributed by atoms with Crippen molar-refractivity contribution in [3.63, 3.8) is 0 Å². The lowest BCUT2D eigenvalue weighted by Crippen LogP contribution is -2.10. The molecule has 3 nitrogen and oxygen atoms in total. The highest BCUT2D eigenvalue weighted by molar-refractivity contribution is 9.10. The molecule has 0 amide bonds. The van der Waals surface area contributed by atoms with Crippen LogP contribution in [-0.2, 0) is 7.05 Å². The summed E-state index contributed by atoms with van der Waals surface area (Å²) in [5, 5.41) is 3.96. The maximum absolute atomic E-state index is 13.9. The van der Waals surface area contributed by atoms with E-state index in [9.17, 15) is 9.18 Å². The Kier molecular flexibility index (Phi) is 3.54.